The molecule has 0 saturated carbocycles. The zero-order chi connectivity index (χ0) is 14.9. The van der Waals surface area contributed by atoms with Crippen LogP contribution in [0.15, 0.2) is 18.3 Å². The molecule has 1 aromatic heterocycles. The third kappa shape index (κ3) is 6.06. The second kappa shape index (κ2) is 9.55. The van der Waals surface area contributed by atoms with Crippen LogP contribution in [-0.2, 0) is 11.3 Å². The monoisotopic (exact) mass is 406 g/mol. The number of halogens is 1. The van der Waals surface area contributed by atoms with Crippen molar-refractivity contribution in [3.8, 4) is 5.88 Å². The van der Waals surface area contributed by atoms with E-state index in [-0.39, 0.29) is 21.5 Å². The van der Waals surface area contributed by atoms with Gasteiger partial charge >= 0.3 is 120 Å². The van der Waals surface area contributed by atoms with E-state index < -0.39 is 0 Å². The van der Waals surface area contributed by atoms with Gasteiger partial charge in [-0.25, -0.2) is 0 Å². The molecule has 0 radical (unpaired) electrons. The van der Waals surface area contributed by atoms with Crippen molar-refractivity contribution in [3.63, 3.8) is 0 Å². The Balaban J connectivity index is 1.59. The summed E-state index contributed by atoms with van der Waals surface area (Å²) in [6.45, 7) is 7.35. The van der Waals surface area contributed by atoms with E-state index in [2.05, 4.69) is 17.9 Å². The first-order chi connectivity index (χ1) is 10.3. The molecule has 1 fully saturated rings. The van der Waals surface area contributed by atoms with Crippen LogP contribution in [0.3, 0.4) is 0 Å². The molecule has 0 unspecified atom stereocenters. The van der Waals surface area contributed by atoms with Gasteiger partial charge in [-0.3, -0.25) is 0 Å². The molecule has 21 heavy (non-hydrogen) atoms. The molecule has 120 valence electrons. The van der Waals surface area contributed by atoms with Crippen molar-refractivity contribution < 1.29 is 31.0 Å². The Kier molecular flexibility index (Phi) is 7.70. The van der Waals surface area contributed by atoms with Gasteiger partial charge in [-0.2, -0.15) is 0 Å². The molecule has 1 aliphatic heterocycles. The van der Waals surface area contributed by atoms with Crippen LogP contribution >= 0.6 is 0 Å². The summed E-state index contributed by atoms with van der Waals surface area (Å²) in [5.74, 6) is 0.704. The third-order valence-corrected chi connectivity index (χ3v) is 5.86. The number of ether oxygens (including phenoxy) is 2. The molecule has 5 nitrogen and oxygen atoms in total. The third-order valence-electron chi connectivity index (χ3n) is 3.53. The van der Waals surface area contributed by atoms with Crippen LogP contribution in [0, 0.1) is 0 Å². The van der Waals surface area contributed by atoms with Crippen LogP contribution in [-0.4, -0.2) is 64.4 Å². The number of nitrogens with zero attached hydrogens (tertiary/aromatic N) is 3. The fourth-order valence-corrected chi connectivity index (χ4v) is 3.73. The van der Waals surface area contributed by atoms with Crippen molar-refractivity contribution in [2.24, 2.45) is 0 Å². The zero-order valence-electron chi connectivity index (χ0n) is 12.9. The number of pyridine rings is 1. The summed E-state index contributed by atoms with van der Waals surface area (Å²) in [5, 5.41) is 0. The Labute approximate surface area is 138 Å². The molecule has 0 aromatic carbocycles. The molecule has 1 aliphatic rings. The number of hydrogen-bond donors (Lipinski definition) is 0. The molecule has 6 heteroatoms. The van der Waals surface area contributed by atoms with Gasteiger partial charge < -0.3 is 4.74 Å². The molecular formula is C15H25IN3O2-. The van der Waals surface area contributed by atoms with Crippen molar-refractivity contribution in [2.45, 2.75) is 13.0 Å². The summed E-state index contributed by atoms with van der Waals surface area (Å²) in [7, 11) is 1.69. The number of methoxy groups -OCH3 is 1. The minimum atomic E-state index is 0.278. The molecule has 1 aromatic rings. The molecule has 1 saturated heterocycles. The van der Waals surface area contributed by atoms with E-state index in [1.807, 2.05) is 18.3 Å². The first-order valence-electron chi connectivity index (χ1n) is 7.35. The second-order valence-electron chi connectivity index (χ2n) is 5.06. The van der Waals surface area contributed by atoms with Crippen molar-refractivity contribution in [1.82, 2.24) is 13.0 Å². The van der Waals surface area contributed by atoms with Gasteiger partial charge in [0, 0.05) is 7.11 Å². The van der Waals surface area contributed by atoms with E-state index in [9.17, 15) is 0 Å². The molecule has 0 N–H and O–H groups in total. The van der Waals surface area contributed by atoms with Gasteiger partial charge in [-0.15, -0.1) is 0 Å². The van der Waals surface area contributed by atoms with Crippen molar-refractivity contribution >= 4 is 0 Å². The van der Waals surface area contributed by atoms with E-state index in [0.717, 1.165) is 25.1 Å². The molecule has 0 spiro atoms. The van der Waals surface area contributed by atoms with Crippen molar-refractivity contribution in [2.75, 3.05) is 51.4 Å². The molecule has 0 amide bonds. The van der Waals surface area contributed by atoms with Gasteiger partial charge in [-0.1, -0.05) is 0 Å². The van der Waals surface area contributed by atoms with Crippen LogP contribution in [0.25, 0.3) is 0 Å². The van der Waals surface area contributed by atoms with Gasteiger partial charge in [0.05, 0.1) is 6.61 Å². The number of piperazine rings is 1. The maximum atomic E-state index is 5.69. The summed E-state index contributed by atoms with van der Waals surface area (Å²) in [6, 6.07) is 3.91. The van der Waals surface area contributed by atoms with Crippen LogP contribution < -0.4 is 26.2 Å². The van der Waals surface area contributed by atoms with E-state index in [4.69, 9.17) is 9.47 Å². The zero-order valence-corrected chi connectivity index (χ0v) is 15.1. The molecule has 0 aliphatic carbocycles. The summed E-state index contributed by atoms with van der Waals surface area (Å²) in [6.07, 6.45) is 2.87. The quantitative estimate of drug-likeness (QED) is 0.222. The first-order valence-corrected chi connectivity index (χ1v) is 10.5. The number of hydrogen-bond acceptors (Lipinski definition) is 5. The van der Waals surface area contributed by atoms with Gasteiger partial charge in [-0.05, 0) is 0 Å². The van der Waals surface area contributed by atoms with E-state index in [1.165, 1.54) is 26.2 Å². The average molecular weight is 406 g/mol. The number of aromatic nitrogens is 1. The predicted molar refractivity (Wildman–Crippen MR) is 79.0 cm³/mol. The summed E-state index contributed by atoms with van der Waals surface area (Å²) in [4.78, 5) is 9.16. The van der Waals surface area contributed by atoms with E-state index >= 15 is 0 Å². The van der Waals surface area contributed by atoms with Crippen LogP contribution in [0.5, 0.6) is 5.88 Å². The maximum absolute atomic E-state index is 5.69. The Hall–Kier alpha value is -0.440. The van der Waals surface area contributed by atoms with Crippen molar-refractivity contribution in [3.05, 3.63) is 23.9 Å². The number of alkyl halides is 1. The fourth-order valence-electron chi connectivity index (χ4n) is 2.33. The SMILES string of the molecule is COCc1ccc(OCCCN2CCN([I-]C)CC2)nc1. The number of rotatable bonds is 8. The molecule has 2 heterocycles. The molecular weight excluding hydrogens is 381 g/mol. The van der Waals surface area contributed by atoms with Crippen LogP contribution in [0.4, 0.5) is 0 Å². The topological polar surface area (TPSA) is 37.8 Å². The van der Waals surface area contributed by atoms with Crippen LogP contribution in [0.1, 0.15) is 12.0 Å². The van der Waals surface area contributed by atoms with Gasteiger partial charge in [0.1, 0.15) is 0 Å². The van der Waals surface area contributed by atoms with Gasteiger partial charge in [0.15, 0.2) is 0 Å². The Morgan fingerprint density at radius 2 is 2.05 bits per heavy atom. The fraction of sp³-hybridized carbons (Fsp3) is 0.667. The van der Waals surface area contributed by atoms with Gasteiger partial charge in [0.25, 0.3) is 0 Å². The predicted octanol–water partition coefficient (Wildman–Crippen LogP) is -1.75. The Morgan fingerprint density at radius 3 is 2.67 bits per heavy atom. The van der Waals surface area contributed by atoms with Gasteiger partial charge in [0.2, 0.25) is 0 Å². The summed E-state index contributed by atoms with van der Waals surface area (Å²) >= 11 is 0.278. The summed E-state index contributed by atoms with van der Waals surface area (Å²) < 4.78 is 13.4. The Morgan fingerprint density at radius 1 is 1.24 bits per heavy atom. The van der Waals surface area contributed by atoms with Crippen LogP contribution in [0.2, 0.25) is 0 Å². The molecule has 2 rings (SSSR count). The second-order valence-corrected chi connectivity index (χ2v) is 7.39. The molecule has 0 bridgehead atoms. The Bertz CT molecular complexity index is 394. The van der Waals surface area contributed by atoms with E-state index in [1.54, 1.807) is 7.11 Å². The first kappa shape index (κ1) is 16.9. The molecule has 0 atom stereocenters. The standard InChI is InChI=1S/C15H25IN3O2/c1-16-19-9-7-18(8-10-19)6-3-11-21-15-5-4-14(12-17-15)13-20-2/h4-5,12H,3,6-11,13H2,1-2H3/q-1. The summed E-state index contributed by atoms with van der Waals surface area (Å²) in [5.41, 5.74) is 1.07. The van der Waals surface area contributed by atoms with E-state index in [0.29, 0.717) is 12.5 Å². The average Bonchev–Trinajstić information content (AvgIpc) is 2.54. The normalized spacial score (nSPS) is 17.2. The minimum absolute atomic E-state index is 0.278. The van der Waals surface area contributed by atoms with Crippen molar-refractivity contribution in [1.29, 1.82) is 0 Å².